The highest BCUT2D eigenvalue weighted by atomic mass is 16.2. The summed E-state index contributed by atoms with van der Waals surface area (Å²) in [5.74, 6) is 0.0898. The number of amides is 1. The molecule has 0 atom stereocenters. The maximum atomic E-state index is 13.0. The Morgan fingerprint density at radius 1 is 1.00 bits per heavy atom. The van der Waals surface area contributed by atoms with Crippen LogP contribution in [-0.2, 0) is 12.6 Å². The second-order valence-corrected chi connectivity index (χ2v) is 9.06. The number of nitrogens with zero attached hydrogens (tertiary/aromatic N) is 4. The van der Waals surface area contributed by atoms with Crippen LogP contribution in [0.3, 0.4) is 0 Å². The summed E-state index contributed by atoms with van der Waals surface area (Å²) in [6, 6.07) is 18.9. The van der Waals surface area contributed by atoms with Crippen molar-refractivity contribution in [2.45, 2.75) is 18.4 Å². The number of fused-ring (bicyclic) bond motifs is 1. The smallest absolute Gasteiger partial charge is 0.253 e. The number of carbonyl (C=O) groups excluding carboxylic acids is 1. The first-order chi connectivity index (χ1) is 14.9. The minimum Gasteiger partial charge on any atom is -0.351 e. The van der Waals surface area contributed by atoms with E-state index in [-0.39, 0.29) is 11.4 Å². The number of hydrogen-bond donors (Lipinski definition) is 0. The molecule has 0 radical (unpaired) electrons. The van der Waals surface area contributed by atoms with Crippen LogP contribution in [0.1, 0.15) is 28.8 Å². The van der Waals surface area contributed by atoms with Crippen molar-refractivity contribution in [3.8, 4) is 0 Å². The van der Waals surface area contributed by atoms with Crippen LogP contribution in [0.15, 0.2) is 60.8 Å². The van der Waals surface area contributed by atoms with Gasteiger partial charge in [-0.3, -0.25) is 9.69 Å². The largest absolute Gasteiger partial charge is 0.351 e. The fraction of sp³-hybridized carbons (Fsp3) is 0.423. The summed E-state index contributed by atoms with van der Waals surface area (Å²) >= 11 is 0. The highest BCUT2D eigenvalue weighted by Crippen LogP contribution is 2.37. The number of benzene rings is 2. The zero-order valence-electron chi connectivity index (χ0n) is 19.2. The van der Waals surface area contributed by atoms with E-state index in [0.29, 0.717) is 0 Å². The molecule has 3 aromatic rings. The number of likely N-dealkylation sites (tertiary alicyclic amines) is 1. The third-order valence-corrected chi connectivity index (χ3v) is 7.08. The van der Waals surface area contributed by atoms with Gasteiger partial charge in [-0.2, -0.15) is 0 Å². The summed E-state index contributed by atoms with van der Waals surface area (Å²) in [5, 5.41) is 1.16. The summed E-state index contributed by atoms with van der Waals surface area (Å²) in [7, 11) is 8.31. The van der Waals surface area contributed by atoms with E-state index in [1.54, 1.807) is 0 Å². The van der Waals surface area contributed by atoms with Gasteiger partial charge in [-0.05, 0) is 56.1 Å². The van der Waals surface area contributed by atoms with Crippen LogP contribution in [0.25, 0.3) is 10.9 Å². The van der Waals surface area contributed by atoms with E-state index in [1.807, 2.05) is 43.4 Å². The van der Waals surface area contributed by atoms with Gasteiger partial charge in [-0.1, -0.05) is 36.4 Å². The molecule has 1 saturated heterocycles. The number of rotatable bonds is 6. The zero-order valence-corrected chi connectivity index (χ0v) is 19.2. The van der Waals surface area contributed by atoms with Gasteiger partial charge in [-0.25, -0.2) is 0 Å². The molecule has 0 unspecified atom stereocenters. The highest BCUT2D eigenvalue weighted by Gasteiger charge is 2.37. The Labute approximate surface area is 185 Å². The first-order valence-corrected chi connectivity index (χ1v) is 11.2. The molecule has 2 heterocycles. The van der Waals surface area contributed by atoms with Gasteiger partial charge in [0, 0.05) is 63.1 Å². The van der Waals surface area contributed by atoms with Crippen molar-refractivity contribution in [3.63, 3.8) is 0 Å². The number of carbonyl (C=O) groups is 1. The van der Waals surface area contributed by atoms with Gasteiger partial charge >= 0.3 is 0 Å². The lowest BCUT2D eigenvalue weighted by molar-refractivity contribution is 0.0486. The van der Waals surface area contributed by atoms with E-state index < -0.39 is 0 Å². The Kier molecular flexibility index (Phi) is 6.17. The lowest BCUT2D eigenvalue weighted by atomic mass is 9.80. The molecule has 1 aliphatic heterocycles. The number of hydrogen-bond acceptors (Lipinski definition) is 3. The Hall–Kier alpha value is -2.63. The molecular formula is C26H34N4O. The van der Waals surface area contributed by atoms with Crippen LogP contribution in [0.2, 0.25) is 0 Å². The van der Waals surface area contributed by atoms with Crippen molar-refractivity contribution in [1.82, 2.24) is 19.3 Å². The quantitative estimate of drug-likeness (QED) is 0.610. The molecule has 4 rings (SSSR count). The molecular weight excluding hydrogens is 384 g/mol. The predicted octanol–water partition coefficient (Wildman–Crippen LogP) is 3.80. The normalized spacial score (nSPS) is 16.7. The maximum absolute atomic E-state index is 13.0. The van der Waals surface area contributed by atoms with E-state index in [4.69, 9.17) is 0 Å². The van der Waals surface area contributed by atoms with Crippen molar-refractivity contribution in [3.05, 3.63) is 71.9 Å². The van der Waals surface area contributed by atoms with E-state index >= 15 is 0 Å². The number of aryl methyl sites for hydroxylation is 1. The monoisotopic (exact) mass is 418 g/mol. The lowest BCUT2D eigenvalue weighted by Gasteiger charge is -2.47. The van der Waals surface area contributed by atoms with Crippen molar-refractivity contribution in [1.29, 1.82) is 0 Å². The maximum Gasteiger partial charge on any atom is 0.253 e. The first-order valence-electron chi connectivity index (χ1n) is 11.2. The molecule has 1 aromatic heterocycles. The topological polar surface area (TPSA) is 31.7 Å². The fourth-order valence-corrected chi connectivity index (χ4v) is 4.90. The van der Waals surface area contributed by atoms with Gasteiger partial charge in [0.1, 0.15) is 0 Å². The standard InChI is InChI=1S/C26H34N4O/c1-27(2)26(23-8-6-5-7-9-23)13-16-30(17-14-26)19-18-29(4)25(31)22-11-10-21-12-15-28(3)24(21)20-22/h5-12,15,20H,13-14,16-19H2,1-4H3. The van der Waals surface area contributed by atoms with Crippen LogP contribution in [-0.4, -0.2) is 72.5 Å². The van der Waals surface area contributed by atoms with Crippen LogP contribution in [0.5, 0.6) is 0 Å². The number of aromatic nitrogens is 1. The van der Waals surface area contributed by atoms with Crippen molar-refractivity contribution >= 4 is 16.8 Å². The SMILES string of the molecule is CN(CCN1CCC(c2ccccc2)(N(C)C)CC1)C(=O)c1ccc2ccn(C)c2c1. The third-order valence-electron chi connectivity index (χ3n) is 7.08. The third kappa shape index (κ3) is 4.25. The van der Waals surface area contributed by atoms with Gasteiger partial charge in [0.15, 0.2) is 0 Å². The molecule has 164 valence electrons. The predicted molar refractivity (Wildman–Crippen MR) is 127 cm³/mol. The summed E-state index contributed by atoms with van der Waals surface area (Å²) in [5.41, 5.74) is 3.36. The Balaban J connectivity index is 1.35. The zero-order chi connectivity index (χ0) is 22.0. The number of piperidine rings is 1. The summed E-state index contributed by atoms with van der Waals surface area (Å²) < 4.78 is 2.06. The Morgan fingerprint density at radius 2 is 1.71 bits per heavy atom. The summed E-state index contributed by atoms with van der Waals surface area (Å²) in [6.07, 6.45) is 4.24. The molecule has 1 fully saturated rings. The van der Waals surface area contributed by atoms with Gasteiger partial charge in [0.2, 0.25) is 0 Å². The van der Waals surface area contributed by atoms with Gasteiger partial charge in [0.25, 0.3) is 5.91 Å². The van der Waals surface area contributed by atoms with Crippen molar-refractivity contribution in [2.75, 3.05) is 47.3 Å². The Morgan fingerprint density at radius 3 is 2.39 bits per heavy atom. The molecule has 5 heteroatoms. The molecule has 1 amide bonds. The summed E-state index contributed by atoms with van der Waals surface area (Å²) in [6.45, 7) is 3.74. The summed E-state index contributed by atoms with van der Waals surface area (Å²) in [4.78, 5) is 19.7. The second kappa shape index (κ2) is 8.85. The van der Waals surface area contributed by atoms with Crippen molar-refractivity contribution < 1.29 is 4.79 Å². The van der Waals surface area contributed by atoms with E-state index in [2.05, 4.69) is 64.9 Å². The van der Waals surface area contributed by atoms with Gasteiger partial charge < -0.3 is 14.4 Å². The van der Waals surface area contributed by atoms with Crippen LogP contribution < -0.4 is 0 Å². The van der Waals surface area contributed by atoms with E-state index in [0.717, 1.165) is 55.5 Å². The van der Waals surface area contributed by atoms with Crippen LogP contribution in [0.4, 0.5) is 0 Å². The van der Waals surface area contributed by atoms with E-state index in [1.165, 1.54) is 5.56 Å². The Bertz CT molecular complexity index is 1030. The molecule has 31 heavy (non-hydrogen) atoms. The average Bonchev–Trinajstić information content (AvgIpc) is 3.17. The van der Waals surface area contributed by atoms with Crippen LogP contribution in [0, 0.1) is 0 Å². The molecule has 0 N–H and O–H groups in total. The van der Waals surface area contributed by atoms with Gasteiger partial charge in [-0.15, -0.1) is 0 Å². The molecule has 0 saturated carbocycles. The molecule has 0 spiro atoms. The second-order valence-electron chi connectivity index (χ2n) is 9.06. The average molecular weight is 419 g/mol. The van der Waals surface area contributed by atoms with E-state index in [9.17, 15) is 4.79 Å². The lowest BCUT2D eigenvalue weighted by Crippen LogP contribution is -2.51. The molecule has 5 nitrogen and oxygen atoms in total. The minimum atomic E-state index is 0.0898. The molecule has 0 bridgehead atoms. The fourth-order valence-electron chi connectivity index (χ4n) is 4.90. The number of likely N-dealkylation sites (N-methyl/N-ethyl adjacent to an activating group) is 1. The molecule has 2 aromatic carbocycles. The highest BCUT2D eigenvalue weighted by molar-refractivity contribution is 5.97. The molecule has 0 aliphatic carbocycles. The molecule has 1 aliphatic rings. The van der Waals surface area contributed by atoms with Gasteiger partial charge in [0.05, 0.1) is 0 Å². The first kappa shape index (κ1) is 21.6. The van der Waals surface area contributed by atoms with Crippen LogP contribution >= 0.6 is 0 Å². The van der Waals surface area contributed by atoms with Crippen molar-refractivity contribution in [2.24, 2.45) is 7.05 Å². The minimum absolute atomic E-state index is 0.0898.